The second kappa shape index (κ2) is 6.62. The van der Waals surface area contributed by atoms with E-state index in [-0.39, 0.29) is 12.5 Å². The number of carbonyl (C=O) groups is 1. The molecule has 106 valence electrons. The van der Waals surface area contributed by atoms with Gasteiger partial charge in [-0.25, -0.2) is 8.78 Å². The van der Waals surface area contributed by atoms with E-state index in [1.807, 2.05) is 13.0 Å². The fourth-order valence-electron chi connectivity index (χ4n) is 1.79. The summed E-state index contributed by atoms with van der Waals surface area (Å²) in [6, 6.07) is 5.52. The van der Waals surface area contributed by atoms with Crippen molar-refractivity contribution in [3.8, 4) is 0 Å². The molecule has 0 N–H and O–H groups in total. The lowest BCUT2D eigenvalue weighted by atomic mass is 10.2. The van der Waals surface area contributed by atoms with E-state index in [4.69, 9.17) is 0 Å². The first-order valence-electron chi connectivity index (χ1n) is 5.98. The monoisotopic (exact) mass is 407 g/mol. The summed E-state index contributed by atoms with van der Waals surface area (Å²) >= 11 is 3.66. The quantitative estimate of drug-likeness (QED) is 0.693. The van der Waals surface area contributed by atoms with Crippen LogP contribution in [0.25, 0.3) is 0 Å². The molecule has 1 amide bonds. The van der Waals surface area contributed by atoms with E-state index in [1.165, 1.54) is 17.4 Å². The standard InChI is InChI=1S/C14H12F2INOS/c1-2-18(14(19)10-6-13(17)20-8-10)7-9-3-4-11(15)12(16)5-9/h3-6,8H,2,7H2,1H3. The zero-order valence-electron chi connectivity index (χ0n) is 10.7. The van der Waals surface area contributed by atoms with Crippen molar-refractivity contribution in [3.05, 3.63) is 55.3 Å². The molecule has 0 aliphatic carbocycles. The highest BCUT2D eigenvalue weighted by Gasteiger charge is 2.16. The summed E-state index contributed by atoms with van der Waals surface area (Å²) in [5, 5.41) is 1.80. The molecule has 0 aliphatic rings. The van der Waals surface area contributed by atoms with Crippen molar-refractivity contribution in [2.45, 2.75) is 13.5 Å². The molecule has 0 fully saturated rings. The minimum atomic E-state index is -0.893. The zero-order valence-corrected chi connectivity index (χ0v) is 13.7. The molecule has 1 aromatic carbocycles. The lowest BCUT2D eigenvalue weighted by Gasteiger charge is -2.20. The number of hydrogen-bond acceptors (Lipinski definition) is 2. The van der Waals surface area contributed by atoms with E-state index < -0.39 is 11.6 Å². The third-order valence-corrected chi connectivity index (χ3v) is 4.63. The van der Waals surface area contributed by atoms with Crippen LogP contribution in [-0.4, -0.2) is 17.4 Å². The predicted octanol–water partition coefficient (Wildman–Crippen LogP) is 4.29. The van der Waals surface area contributed by atoms with Crippen LogP contribution in [0.1, 0.15) is 22.8 Å². The van der Waals surface area contributed by atoms with Gasteiger partial charge in [-0.1, -0.05) is 6.07 Å². The van der Waals surface area contributed by atoms with Gasteiger partial charge in [-0.15, -0.1) is 11.3 Å². The average Bonchev–Trinajstić information content (AvgIpc) is 2.86. The largest absolute Gasteiger partial charge is 0.335 e. The van der Waals surface area contributed by atoms with E-state index in [9.17, 15) is 13.6 Å². The topological polar surface area (TPSA) is 20.3 Å². The fourth-order valence-corrected chi connectivity index (χ4v) is 3.11. The lowest BCUT2D eigenvalue weighted by molar-refractivity contribution is 0.0753. The summed E-state index contributed by atoms with van der Waals surface area (Å²) in [4.78, 5) is 13.9. The van der Waals surface area contributed by atoms with Gasteiger partial charge in [0.15, 0.2) is 11.6 Å². The van der Waals surface area contributed by atoms with Crippen molar-refractivity contribution < 1.29 is 13.6 Å². The van der Waals surface area contributed by atoms with Crippen molar-refractivity contribution in [1.29, 1.82) is 0 Å². The third-order valence-electron chi connectivity index (χ3n) is 2.84. The van der Waals surface area contributed by atoms with Crippen LogP contribution in [-0.2, 0) is 6.54 Å². The number of amides is 1. The van der Waals surface area contributed by atoms with Gasteiger partial charge in [0.05, 0.1) is 8.45 Å². The Kier molecular flexibility index (Phi) is 5.09. The van der Waals surface area contributed by atoms with Crippen molar-refractivity contribution >= 4 is 39.8 Å². The van der Waals surface area contributed by atoms with E-state index >= 15 is 0 Å². The molecule has 6 heteroatoms. The van der Waals surface area contributed by atoms with Crippen molar-refractivity contribution in [2.24, 2.45) is 0 Å². The molecule has 0 radical (unpaired) electrons. The first-order chi connectivity index (χ1) is 9.51. The number of rotatable bonds is 4. The average molecular weight is 407 g/mol. The molecule has 0 saturated carbocycles. The minimum Gasteiger partial charge on any atom is -0.335 e. The number of halogens is 3. The summed E-state index contributed by atoms with van der Waals surface area (Å²) in [6.07, 6.45) is 0. The Balaban J connectivity index is 2.16. The Hall–Kier alpha value is -1.02. The normalized spacial score (nSPS) is 10.6. The maximum Gasteiger partial charge on any atom is 0.255 e. The molecule has 20 heavy (non-hydrogen) atoms. The van der Waals surface area contributed by atoms with Crippen LogP contribution < -0.4 is 0 Å². The van der Waals surface area contributed by atoms with Gasteiger partial charge >= 0.3 is 0 Å². The Labute approximate surface area is 133 Å². The number of hydrogen-bond donors (Lipinski definition) is 0. The molecular weight excluding hydrogens is 395 g/mol. The van der Waals surface area contributed by atoms with Crippen LogP contribution in [0, 0.1) is 14.5 Å². The summed E-state index contributed by atoms with van der Waals surface area (Å²) in [5.74, 6) is -1.87. The third kappa shape index (κ3) is 3.54. The molecule has 1 heterocycles. The van der Waals surface area contributed by atoms with E-state index in [0.29, 0.717) is 17.7 Å². The molecule has 0 bridgehead atoms. The molecule has 0 aliphatic heterocycles. The number of carbonyl (C=O) groups excluding carboxylic acids is 1. The number of nitrogens with zero attached hydrogens (tertiary/aromatic N) is 1. The summed E-state index contributed by atoms with van der Waals surface area (Å²) in [7, 11) is 0. The number of benzene rings is 1. The van der Waals surface area contributed by atoms with Gasteiger partial charge in [0.25, 0.3) is 5.91 Å². The second-order valence-electron chi connectivity index (χ2n) is 4.21. The zero-order chi connectivity index (χ0) is 14.7. The second-order valence-corrected chi connectivity index (χ2v) is 7.01. The molecule has 0 unspecified atom stereocenters. The first-order valence-corrected chi connectivity index (χ1v) is 7.94. The summed E-state index contributed by atoms with van der Waals surface area (Å²) < 4.78 is 27.1. The van der Waals surface area contributed by atoms with Gasteiger partial charge in [-0.05, 0) is 53.3 Å². The number of thiophene rings is 1. The summed E-state index contributed by atoms with van der Waals surface area (Å²) in [5.41, 5.74) is 1.20. The minimum absolute atomic E-state index is 0.101. The fraction of sp³-hybridized carbons (Fsp3) is 0.214. The van der Waals surface area contributed by atoms with Crippen LogP contribution in [0.4, 0.5) is 8.78 Å². The van der Waals surface area contributed by atoms with Crippen molar-refractivity contribution in [3.63, 3.8) is 0 Å². The maximum atomic E-state index is 13.2. The first kappa shape index (κ1) is 15.4. The van der Waals surface area contributed by atoms with Crippen LogP contribution in [0.2, 0.25) is 0 Å². The van der Waals surface area contributed by atoms with Gasteiger partial charge < -0.3 is 4.90 Å². The van der Waals surface area contributed by atoms with Crippen LogP contribution >= 0.6 is 33.9 Å². The van der Waals surface area contributed by atoms with Gasteiger partial charge in [-0.2, -0.15) is 0 Å². The van der Waals surface area contributed by atoms with Crippen LogP contribution in [0.3, 0.4) is 0 Å². The van der Waals surface area contributed by atoms with E-state index in [0.717, 1.165) is 15.0 Å². The van der Waals surface area contributed by atoms with Crippen LogP contribution in [0.5, 0.6) is 0 Å². The Morgan fingerprint density at radius 3 is 2.60 bits per heavy atom. The smallest absolute Gasteiger partial charge is 0.255 e. The van der Waals surface area contributed by atoms with E-state index in [1.54, 1.807) is 10.3 Å². The molecule has 2 nitrogen and oxygen atoms in total. The van der Waals surface area contributed by atoms with Crippen LogP contribution in [0.15, 0.2) is 29.6 Å². The molecular formula is C14H12F2INOS. The molecule has 2 aromatic rings. The maximum absolute atomic E-state index is 13.2. The Bertz CT molecular complexity index is 629. The molecule has 0 atom stereocenters. The summed E-state index contributed by atoms with van der Waals surface area (Å²) in [6.45, 7) is 2.62. The molecule has 0 spiro atoms. The Morgan fingerprint density at radius 2 is 2.05 bits per heavy atom. The van der Waals surface area contributed by atoms with Gasteiger partial charge in [0.1, 0.15) is 0 Å². The highest BCUT2D eigenvalue weighted by atomic mass is 127. The molecule has 2 rings (SSSR count). The predicted molar refractivity (Wildman–Crippen MR) is 83.8 cm³/mol. The highest BCUT2D eigenvalue weighted by Crippen LogP contribution is 2.19. The van der Waals surface area contributed by atoms with Gasteiger partial charge in [0.2, 0.25) is 0 Å². The molecule has 0 saturated heterocycles. The van der Waals surface area contributed by atoms with E-state index in [2.05, 4.69) is 22.6 Å². The SMILES string of the molecule is CCN(Cc1ccc(F)c(F)c1)C(=O)c1csc(I)c1. The Morgan fingerprint density at radius 1 is 1.30 bits per heavy atom. The lowest BCUT2D eigenvalue weighted by Crippen LogP contribution is -2.30. The molecule has 1 aromatic heterocycles. The van der Waals surface area contributed by atoms with Gasteiger partial charge in [-0.3, -0.25) is 4.79 Å². The highest BCUT2D eigenvalue weighted by molar-refractivity contribution is 14.1. The van der Waals surface area contributed by atoms with Crippen molar-refractivity contribution in [2.75, 3.05) is 6.54 Å². The van der Waals surface area contributed by atoms with Gasteiger partial charge in [0, 0.05) is 18.5 Å². The van der Waals surface area contributed by atoms with Crippen molar-refractivity contribution in [1.82, 2.24) is 4.90 Å².